The first-order valence-electron chi connectivity index (χ1n) is 5.71. The normalized spacial score (nSPS) is 20.4. The molecule has 0 aliphatic carbocycles. The number of ether oxygens (including phenoxy) is 1. The molecule has 2 N–H and O–H groups in total. The molecule has 1 aliphatic rings. The highest BCUT2D eigenvalue weighted by Crippen LogP contribution is 2.22. The number of morpholine rings is 1. The van der Waals surface area contributed by atoms with Crippen molar-refractivity contribution in [2.24, 2.45) is 5.73 Å². The first-order chi connectivity index (χ1) is 8.09. The van der Waals surface area contributed by atoms with Crippen molar-refractivity contribution in [3.05, 3.63) is 23.4 Å². The molecule has 1 aromatic heterocycles. The molecule has 5 heteroatoms. The minimum Gasteiger partial charge on any atom is -0.389 e. The van der Waals surface area contributed by atoms with Crippen molar-refractivity contribution in [1.29, 1.82) is 0 Å². The molecule has 0 bridgehead atoms. The number of anilines is 1. The SMILES string of the molecule is Cc1ccnc(N2CCOC(C)C2)c1C(N)=S. The molecule has 1 fully saturated rings. The first-order valence-corrected chi connectivity index (χ1v) is 6.12. The maximum absolute atomic E-state index is 5.79. The highest BCUT2D eigenvalue weighted by Gasteiger charge is 2.21. The second kappa shape index (κ2) is 4.98. The van der Waals surface area contributed by atoms with E-state index in [0.29, 0.717) is 11.6 Å². The van der Waals surface area contributed by atoms with Crippen molar-refractivity contribution in [2.75, 3.05) is 24.6 Å². The van der Waals surface area contributed by atoms with Crippen LogP contribution in [0, 0.1) is 6.92 Å². The van der Waals surface area contributed by atoms with E-state index in [0.717, 1.165) is 30.0 Å². The van der Waals surface area contributed by atoms with E-state index in [-0.39, 0.29) is 6.10 Å². The Morgan fingerprint density at radius 2 is 2.41 bits per heavy atom. The summed E-state index contributed by atoms with van der Waals surface area (Å²) in [7, 11) is 0. The van der Waals surface area contributed by atoms with Crippen LogP contribution in [0.4, 0.5) is 5.82 Å². The molecule has 1 aromatic rings. The van der Waals surface area contributed by atoms with Crippen LogP contribution in [0.15, 0.2) is 12.3 Å². The molecule has 1 aliphatic heterocycles. The van der Waals surface area contributed by atoms with Gasteiger partial charge in [-0.25, -0.2) is 4.98 Å². The van der Waals surface area contributed by atoms with Gasteiger partial charge in [0.1, 0.15) is 10.8 Å². The highest BCUT2D eigenvalue weighted by molar-refractivity contribution is 7.80. The summed E-state index contributed by atoms with van der Waals surface area (Å²) in [5.74, 6) is 0.882. The number of hydrogen-bond acceptors (Lipinski definition) is 4. The maximum atomic E-state index is 5.79. The van der Waals surface area contributed by atoms with Crippen LogP contribution in [0.3, 0.4) is 0 Å². The van der Waals surface area contributed by atoms with Crippen LogP contribution < -0.4 is 10.6 Å². The Balaban J connectivity index is 2.37. The van der Waals surface area contributed by atoms with Crippen molar-refractivity contribution in [3.8, 4) is 0 Å². The molecular formula is C12H17N3OS. The molecule has 17 heavy (non-hydrogen) atoms. The summed E-state index contributed by atoms with van der Waals surface area (Å²) in [5.41, 5.74) is 7.75. The van der Waals surface area contributed by atoms with Crippen molar-refractivity contribution in [2.45, 2.75) is 20.0 Å². The van der Waals surface area contributed by atoms with Gasteiger partial charge in [0.05, 0.1) is 18.3 Å². The van der Waals surface area contributed by atoms with E-state index < -0.39 is 0 Å². The third kappa shape index (κ3) is 2.56. The monoisotopic (exact) mass is 251 g/mol. The van der Waals surface area contributed by atoms with Gasteiger partial charge in [-0.1, -0.05) is 12.2 Å². The predicted octanol–water partition coefficient (Wildman–Crippen LogP) is 1.25. The number of hydrogen-bond donors (Lipinski definition) is 1. The van der Waals surface area contributed by atoms with Crippen LogP contribution in [-0.4, -0.2) is 35.8 Å². The minimum atomic E-state index is 0.213. The van der Waals surface area contributed by atoms with Gasteiger partial charge in [-0.2, -0.15) is 0 Å². The van der Waals surface area contributed by atoms with Gasteiger partial charge in [0.2, 0.25) is 0 Å². The summed E-state index contributed by atoms with van der Waals surface area (Å²) < 4.78 is 5.53. The first kappa shape index (κ1) is 12.3. The van der Waals surface area contributed by atoms with Crippen molar-refractivity contribution in [1.82, 2.24) is 4.98 Å². The van der Waals surface area contributed by atoms with Crippen LogP contribution in [-0.2, 0) is 4.74 Å². The lowest BCUT2D eigenvalue weighted by molar-refractivity contribution is 0.0529. The van der Waals surface area contributed by atoms with Crippen LogP contribution >= 0.6 is 12.2 Å². The Morgan fingerprint density at radius 1 is 1.65 bits per heavy atom. The fraction of sp³-hybridized carbons (Fsp3) is 0.500. The lowest BCUT2D eigenvalue weighted by Gasteiger charge is -2.33. The standard InChI is InChI=1S/C12H17N3OS/c1-8-3-4-14-12(10(8)11(13)17)15-5-6-16-9(2)7-15/h3-4,9H,5-7H2,1-2H3,(H2,13,17). The average molecular weight is 251 g/mol. The van der Waals surface area contributed by atoms with Gasteiger partial charge in [-0.15, -0.1) is 0 Å². The van der Waals surface area contributed by atoms with Gasteiger partial charge in [-0.3, -0.25) is 0 Å². The quantitative estimate of drug-likeness (QED) is 0.802. The van der Waals surface area contributed by atoms with Gasteiger partial charge in [-0.05, 0) is 25.5 Å². The molecule has 0 radical (unpaired) electrons. The second-order valence-electron chi connectivity index (χ2n) is 4.32. The Kier molecular flexibility index (Phi) is 3.59. The molecule has 4 nitrogen and oxygen atoms in total. The van der Waals surface area contributed by atoms with E-state index in [4.69, 9.17) is 22.7 Å². The number of nitrogens with two attached hydrogens (primary N) is 1. The van der Waals surface area contributed by atoms with Crippen molar-refractivity contribution >= 4 is 23.0 Å². The third-order valence-electron chi connectivity index (χ3n) is 2.93. The molecule has 1 atom stereocenters. The molecule has 0 aromatic carbocycles. The lowest BCUT2D eigenvalue weighted by atomic mass is 10.1. The smallest absolute Gasteiger partial charge is 0.139 e. The van der Waals surface area contributed by atoms with Crippen LogP contribution in [0.25, 0.3) is 0 Å². The predicted molar refractivity (Wildman–Crippen MR) is 72.5 cm³/mol. The summed E-state index contributed by atoms with van der Waals surface area (Å²) in [5, 5.41) is 0. The van der Waals surface area contributed by atoms with Crippen LogP contribution in [0.5, 0.6) is 0 Å². The van der Waals surface area contributed by atoms with Gasteiger partial charge >= 0.3 is 0 Å². The van der Waals surface area contributed by atoms with Crippen LogP contribution in [0.2, 0.25) is 0 Å². The Hall–Kier alpha value is -1.20. The molecule has 1 saturated heterocycles. The number of rotatable bonds is 2. The molecule has 2 rings (SSSR count). The van der Waals surface area contributed by atoms with Gasteiger partial charge in [0, 0.05) is 19.3 Å². The zero-order chi connectivity index (χ0) is 12.4. The number of thiocarbonyl (C=S) groups is 1. The van der Waals surface area contributed by atoms with E-state index in [1.165, 1.54) is 0 Å². The Morgan fingerprint density at radius 3 is 3.06 bits per heavy atom. The zero-order valence-electron chi connectivity index (χ0n) is 10.1. The summed E-state index contributed by atoms with van der Waals surface area (Å²) in [6.45, 7) is 6.43. The number of aryl methyl sites for hydroxylation is 1. The van der Waals surface area contributed by atoms with Crippen LogP contribution in [0.1, 0.15) is 18.1 Å². The van der Waals surface area contributed by atoms with Crippen molar-refractivity contribution in [3.63, 3.8) is 0 Å². The Bertz CT molecular complexity index is 436. The van der Waals surface area contributed by atoms with E-state index in [2.05, 4.69) is 16.8 Å². The van der Waals surface area contributed by atoms with E-state index in [1.54, 1.807) is 6.20 Å². The number of aromatic nitrogens is 1. The molecule has 2 heterocycles. The lowest BCUT2D eigenvalue weighted by Crippen LogP contribution is -2.42. The molecule has 0 amide bonds. The van der Waals surface area contributed by atoms with Gasteiger partial charge in [0.15, 0.2) is 0 Å². The Labute approximate surface area is 107 Å². The summed E-state index contributed by atoms with van der Waals surface area (Å²) >= 11 is 5.12. The summed E-state index contributed by atoms with van der Waals surface area (Å²) in [4.78, 5) is 7.02. The molecule has 92 valence electrons. The summed E-state index contributed by atoms with van der Waals surface area (Å²) in [6.07, 6.45) is 2.01. The van der Waals surface area contributed by atoms with E-state index in [1.807, 2.05) is 13.0 Å². The number of pyridine rings is 1. The second-order valence-corrected chi connectivity index (χ2v) is 4.76. The minimum absolute atomic E-state index is 0.213. The van der Waals surface area contributed by atoms with E-state index in [9.17, 15) is 0 Å². The van der Waals surface area contributed by atoms with Gasteiger partial charge in [0.25, 0.3) is 0 Å². The topological polar surface area (TPSA) is 51.4 Å². The fourth-order valence-electron chi connectivity index (χ4n) is 2.10. The third-order valence-corrected chi connectivity index (χ3v) is 3.13. The average Bonchev–Trinajstić information content (AvgIpc) is 2.28. The molecule has 0 spiro atoms. The maximum Gasteiger partial charge on any atom is 0.139 e. The van der Waals surface area contributed by atoms with Crippen molar-refractivity contribution < 1.29 is 4.74 Å². The number of nitrogens with zero attached hydrogens (tertiary/aromatic N) is 2. The largest absolute Gasteiger partial charge is 0.389 e. The summed E-state index contributed by atoms with van der Waals surface area (Å²) in [6, 6.07) is 1.93. The zero-order valence-corrected chi connectivity index (χ0v) is 11.0. The van der Waals surface area contributed by atoms with E-state index >= 15 is 0 Å². The van der Waals surface area contributed by atoms with Gasteiger partial charge < -0.3 is 15.4 Å². The fourth-order valence-corrected chi connectivity index (χ4v) is 2.35. The highest BCUT2D eigenvalue weighted by atomic mass is 32.1. The molecule has 0 saturated carbocycles. The molecular weight excluding hydrogens is 234 g/mol. The molecule has 1 unspecified atom stereocenters.